The van der Waals surface area contributed by atoms with Crippen molar-refractivity contribution in [1.29, 1.82) is 0 Å². The number of non-ortho nitro benzene ring substituents is 1. The van der Waals surface area contributed by atoms with Crippen LogP contribution in [-0.2, 0) is 4.79 Å². The van der Waals surface area contributed by atoms with E-state index in [4.69, 9.17) is 9.15 Å². The summed E-state index contributed by atoms with van der Waals surface area (Å²) in [5, 5.41) is 11.5. The number of rotatable bonds is 5. The van der Waals surface area contributed by atoms with Gasteiger partial charge < -0.3 is 9.15 Å². The molecular formula is C18H15N3O6. The summed E-state index contributed by atoms with van der Waals surface area (Å²) in [6, 6.07) is 12.6. The van der Waals surface area contributed by atoms with Crippen LogP contribution >= 0.6 is 0 Å². The Labute approximate surface area is 153 Å². The zero-order valence-corrected chi connectivity index (χ0v) is 14.2. The molecule has 9 heteroatoms. The average Bonchev–Trinajstić information content (AvgIpc) is 3.01. The summed E-state index contributed by atoms with van der Waals surface area (Å²) >= 11 is 0. The number of nitro groups is 1. The third-order valence-corrected chi connectivity index (χ3v) is 3.76. The third kappa shape index (κ3) is 4.03. The largest absolute Gasteiger partial charge is 0.483 e. The molecule has 27 heavy (non-hydrogen) atoms. The number of nitro benzene ring substituents is 1. The number of para-hydroxylation sites is 1. The predicted octanol–water partition coefficient (Wildman–Crippen LogP) is 2.49. The van der Waals surface area contributed by atoms with E-state index in [2.05, 4.69) is 10.9 Å². The first-order valence-electron chi connectivity index (χ1n) is 7.90. The average molecular weight is 369 g/mol. The van der Waals surface area contributed by atoms with Crippen molar-refractivity contribution in [2.75, 3.05) is 6.61 Å². The third-order valence-electron chi connectivity index (χ3n) is 3.76. The Balaban J connectivity index is 1.55. The Morgan fingerprint density at radius 3 is 2.67 bits per heavy atom. The highest BCUT2D eigenvalue weighted by Gasteiger charge is 2.18. The van der Waals surface area contributed by atoms with E-state index in [1.807, 2.05) is 12.1 Å². The standard InChI is InChI=1S/C18H15N3O6/c1-11-14-7-2-3-8-15(14)27-17(11)18(23)20-19-16(22)10-26-13-6-4-5-12(9-13)21(24)25/h2-9H,10H2,1H3,(H,19,22)(H,20,23). The van der Waals surface area contributed by atoms with E-state index in [1.54, 1.807) is 19.1 Å². The fourth-order valence-corrected chi connectivity index (χ4v) is 2.45. The van der Waals surface area contributed by atoms with E-state index >= 15 is 0 Å². The smallest absolute Gasteiger partial charge is 0.305 e. The van der Waals surface area contributed by atoms with E-state index < -0.39 is 23.3 Å². The van der Waals surface area contributed by atoms with Gasteiger partial charge in [0.25, 0.3) is 11.6 Å². The van der Waals surface area contributed by atoms with Gasteiger partial charge in [0.05, 0.1) is 11.0 Å². The summed E-state index contributed by atoms with van der Waals surface area (Å²) in [7, 11) is 0. The number of hydrazine groups is 1. The molecule has 1 heterocycles. The molecule has 1 aromatic heterocycles. The SMILES string of the molecule is Cc1c(C(=O)NNC(=O)COc2cccc([N+](=O)[O-])c2)oc2ccccc12. The molecule has 0 spiro atoms. The Morgan fingerprint density at radius 1 is 1.15 bits per heavy atom. The second-order valence-electron chi connectivity index (χ2n) is 5.60. The van der Waals surface area contributed by atoms with Crippen molar-refractivity contribution in [1.82, 2.24) is 10.9 Å². The zero-order valence-electron chi connectivity index (χ0n) is 14.2. The lowest BCUT2D eigenvalue weighted by Gasteiger charge is -2.08. The number of benzene rings is 2. The van der Waals surface area contributed by atoms with Gasteiger partial charge in [0.15, 0.2) is 12.4 Å². The van der Waals surface area contributed by atoms with Gasteiger partial charge in [0.1, 0.15) is 11.3 Å². The number of aryl methyl sites for hydroxylation is 1. The van der Waals surface area contributed by atoms with Crippen LogP contribution in [0.2, 0.25) is 0 Å². The molecule has 0 fully saturated rings. The summed E-state index contributed by atoms with van der Waals surface area (Å²) in [5.41, 5.74) is 5.52. The van der Waals surface area contributed by atoms with E-state index in [0.717, 1.165) is 5.39 Å². The van der Waals surface area contributed by atoms with Gasteiger partial charge in [-0.05, 0) is 19.1 Å². The lowest BCUT2D eigenvalue weighted by Crippen LogP contribution is -2.43. The summed E-state index contributed by atoms with van der Waals surface area (Å²) in [5.74, 6) is -0.981. The van der Waals surface area contributed by atoms with Crippen molar-refractivity contribution < 1.29 is 23.7 Å². The van der Waals surface area contributed by atoms with E-state index in [1.165, 1.54) is 24.3 Å². The highest BCUT2D eigenvalue weighted by molar-refractivity contribution is 5.99. The van der Waals surface area contributed by atoms with Crippen LogP contribution in [0.3, 0.4) is 0 Å². The molecule has 0 aliphatic heterocycles. The van der Waals surface area contributed by atoms with Crippen molar-refractivity contribution >= 4 is 28.5 Å². The van der Waals surface area contributed by atoms with Crippen LogP contribution in [0, 0.1) is 17.0 Å². The molecule has 2 aromatic carbocycles. The molecule has 0 radical (unpaired) electrons. The highest BCUT2D eigenvalue weighted by atomic mass is 16.6. The van der Waals surface area contributed by atoms with Crippen molar-refractivity contribution in [2.24, 2.45) is 0 Å². The summed E-state index contributed by atoms with van der Waals surface area (Å²) in [6.07, 6.45) is 0. The number of hydrogen-bond acceptors (Lipinski definition) is 6. The second kappa shape index (κ2) is 7.56. The fourth-order valence-electron chi connectivity index (χ4n) is 2.45. The molecule has 3 rings (SSSR count). The number of carbonyl (C=O) groups is 2. The van der Waals surface area contributed by atoms with Gasteiger partial charge in [-0.3, -0.25) is 30.6 Å². The second-order valence-corrected chi connectivity index (χ2v) is 5.60. The quantitative estimate of drug-likeness (QED) is 0.526. The van der Waals surface area contributed by atoms with Crippen molar-refractivity contribution in [3.8, 4) is 5.75 Å². The van der Waals surface area contributed by atoms with Gasteiger partial charge in [-0.1, -0.05) is 24.3 Å². The minimum atomic E-state index is -0.636. The lowest BCUT2D eigenvalue weighted by molar-refractivity contribution is -0.384. The van der Waals surface area contributed by atoms with Crippen LogP contribution in [0.4, 0.5) is 5.69 Å². The van der Waals surface area contributed by atoms with Crippen molar-refractivity contribution in [3.05, 3.63) is 70.0 Å². The molecule has 0 aliphatic carbocycles. The highest BCUT2D eigenvalue weighted by Crippen LogP contribution is 2.24. The molecule has 3 aromatic rings. The zero-order chi connectivity index (χ0) is 19.4. The monoisotopic (exact) mass is 369 g/mol. The first-order chi connectivity index (χ1) is 13.0. The Bertz CT molecular complexity index is 1030. The van der Waals surface area contributed by atoms with Gasteiger partial charge >= 0.3 is 5.91 Å². The molecule has 0 bridgehead atoms. The van der Waals surface area contributed by atoms with Gasteiger partial charge in [-0.25, -0.2) is 0 Å². The normalized spacial score (nSPS) is 10.4. The van der Waals surface area contributed by atoms with Gasteiger partial charge in [0.2, 0.25) is 0 Å². The maximum absolute atomic E-state index is 12.2. The maximum Gasteiger partial charge on any atom is 0.305 e. The van der Waals surface area contributed by atoms with Crippen LogP contribution < -0.4 is 15.6 Å². The van der Waals surface area contributed by atoms with Crippen LogP contribution in [0.15, 0.2) is 52.9 Å². The fraction of sp³-hybridized carbons (Fsp3) is 0.111. The number of nitrogens with zero attached hydrogens (tertiary/aromatic N) is 1. The first-order valence-corrected chi connectivity index (χ1v) is 7.90. The van der Waals surface area contributed by atoms with Gasteiger partial charge in [-0.15, -0.1) is 0 Å². The Hall–Kier alpha value is -3.88. The van der Waals surface area contributed by atoms with E-state index in [9.17, 15) is 19.7 Å². The molecular weight excluding hydrogens is 354 g/mol. The summed E-state index contributed by atoms with van der Waals surface area (Å²) in [6.45, 7) is 1.31. The number of nitrogens with one attached hydrogen (secondary N) is 2. The van der Waals surface area contributed by atoms with Gasteiger partial charge in [-0.2, -0.15) is 0 Å². The molecule has 0 unspecified atom stereocenters. The number of fused-ring (bicyclic) bond motifs is 1. The predicted molar refractivity (Wildman–Crippen MR) is 95.2 cm³/mol. The number of carbonyl (C=O) groups excluding carboxylic acids is 2. The number of amides is 2. The molecule has 0 atom stereocenters. The van der Waals surface area contributed by atoms with E-state index in [-0.39, 0.29) is 17.2 Å². The maximum atomic E-state index is 12.2. The van der Waals surface area contributed by atoms with Crippen molar-refractivity contribution in [2.45, 2.75) is 6.92 Å². The van der Waals surface area contributed by atoms with Crippen LogP contribution in [-0.4, -0.2) is 23.3 Å². The first kappa shape index (κ1) is 17.9. The summed E-state index contributed by atoms with van der Waals surface area (Å²) < 4.78 is 10.7. The number of ether oxygens (including phenoxy) is 1. The molecule has 0 saturated carbocycles. The Morgan fingerprint density at radius 2 is 1.93 bits per heavy atom. The molecule has 0 aliphatic rings. The molecule has 0 saturated heterocycles. The molecule has 138 valence electrons. The topological polar surface area (TPSA) is 124 Å². The lowest BCUT2D eigenvalue weighted by atomic mass is 10.1. The molecule has 9 nitrogen and oxygen atoms in total. The molecule has 2 N–H and O–H groups in total. The van der Waals surface area contributed by atoms with Crippen molar-refractivity contribution in [3.63, 3.8) is 0 Å². The van der Waals surface area contributed by atoms with Crippen LogP contribution in [0.25, 0.3) is 11.0 Å². The Kier molecular flexibility index (Phi) is 5.02. The van der Waals surface area contributed by atoms with Crippen LogP contribution in [0.5, 0.6) is 5.75 Å². The number of hydrogen-bond donors (Lipinski definition) is 2. The van der Waals surface area contributed by atoms with Crippen LogP contribution in [0.1, 0.15) is 16.1 Å². The van der Waals surface area contributed by atoms with E-state index in [0.29, 0.717) is 11.1 Å². The van der Waals surface area contributed by atoms with Gasteiger partial charge in [0, 0.05) is 17.0 Å². The minimum Gasteiger partial charge on any atom is -0.483 e. The molecule has 2 amide bonds. The minimum absolute atomic E-state index is 0.0936. The number of furan rings is 1. The summed E-state index contributed by atoms with van der Waals surface area (Å²) in [4.78, 5) is 34.2.